The zero-order valence-electron chi connectivity index (χ0n) is 14.9. The molecular formula is C21H23N3O2. The van der Waals surface area contributed by atoms with Gasteiger partial charge < -0.3 is 4.98 Å². The summed E-state index contributed by atoms with van der Waals surface area (Å²) in [6.45, 7) is 4.35. The van der Waals surface area contributed by atoms with Crippen molar-refractivity contribution >= 4 is 10.9 Å². The molecule has 26 heavy (non-hydrogen) atoms. The van der Waals surface area contributed by atoms with Crippen LogP contribution in [0.2, 0.25) is 0 Å². The summed E-state index contributed by atoms with van der Waals surface area (Å²) in [7, 11) is 0. The molecule has 3 aromatic rings. The molecule has 4 rings (SSSR count). The summed E-state index contributed by atoms with van der Waals surface area (Å²) in [5.74, 6) is 0. The van der Waals surface area contributed by atoms with Crippen LogP contribution in [0.15, 0.2) is 58.1 Å². The maximum absolute atomic E-state index is 12.8. The van der Waals surface area contributed by atoms with Crippen molar-refractivity contribution in [1.29, 1.82) is 0 Å². The zero-order valence-corrected chi connectivity index (χ0v) is 14.9. The summed E-state index contributed by atoms with van der Waals surface area (Å²) >= 11 is 0. The summed E-state index contributed by atoms with van der Waals surface area (Å²) in [4.78, 5) is 30.5. The van der Waals surface area contributed by atoms with Crippen LogP contribution < -0.4 is 11.2 Å². The third-order valence-electron chi connectivity index (χ3n) is 5.43. The second kappa shape index (κ2) is 6.92. The average Bonchev–Trinajstić information content (AvgIpc) is 2.68. The molecule has 0 saturated carbocycles. The number of aromatic amines is 1. The first-order chi connectivity index (χ1) is 12.7. The van der Waals surface area contributed by atoms with Crippen LogP contribution in [0.4, 0.5) is 0 Å². The Morgan fingerprint density at radius 3 is 2.58 bits per heavy atom. The van der Waals surface area contributed by atoms with Crippen LogP contribution in [-0.4, -0.2) is 27.0 Å². The predicted octanol–water partition coefficient (Wildman–Crippen LogP) is 2.53. The molecule has 5 heteroatoms. The molecule has 0 fully saturated rings. The number of H-pyrrole nitrogens is 1. The fourth-order valence-corrected chi connectivity index (χ4v) is 3.91. The van der Waals surface area contributed by atoms with Crippen molar-refractivity contribution in [3.63, 3.8) is 0 Å². The Morgan fingerprint density at radius 2 is 1.77 bits per heavy atom. The van der Waals surface area contributed by atoms with E-state index in [0.717, 1.165) is 25.9 Å². The quantitative estimate of drug-likeness (QED) is 0.787. The Hall–Kier alpha value is -2.66. The second-order valence-electron chi connectivity index (χ2n) is 6.94. The topological polar surface area (TPSA) is 58.1 Å². The summed E-state index contributed by atoms with van der Waals surface area (Å²) < 4.78 is 1.36. The fourth-order valence-electron chi connectivity index (χ4n) is 3.91. The molecule has 0 aliphatic carbocycles. The molecule has 0 amide bonds. The molecular weight excluding hydrogens is 326 g/mol. The third kappa shape index (κ3) is 2.99. The van der Waals surface area contributed by atoms with Crippen molar-refractivity contribution in [2.45, 2.75) is 38.9 Å². The van der Waals surface area contributed by atoms with Crippen molar-refractivity contribution in [2.75, 3.05) is 6.54 Å². The summed E-state index contributed by atoms with van der Waals surface area (Å²) in [6.07, 6.45) is 1.90. The third-order valence-corrected chi connectivity index (χ3v) is 5.43. The zero-order chi connectivity index (χ0) is 18.1. The van der Waals surface area contributed by atoms with E-state index in [1.807, 2.05) is 12.1 Å². The number of hydrogen-bond acceptors (Lipinski definition) is 3. The summed E-state index contributed by atoms with van der Waals surface area (Å²) in [5.41, 5.74) is 2.81. The van der Waals surface area contributed by atoms with Gasteiger partial charge in [0.2, 0.25) is 0 Å². The van der Waals surface area contributed by atoms with E-state index in [1.165, 1.54) is 15.7 Å². The molecule has 0 saturated heterocycles. The highest BCUT2D eigenvalue weighted by Crippen LogP contribution is 2.21. The monoisotopic (exact) mass is 349 g/mol. The van der Waals surface area contributed by atoms with Crippen molar-refractivity contribution < 1.29 is 0 Å². The smallest absolute Gasteiger partial charge is 0.307 e. The first kappa shape index (κ1) is 16.8. The van der Waals surface area contributed by atoms with Crippen molar-refractivity contribution in [3.8, 4) is 0 Å². The van der Waals surface area contributed by atoms with Gasteiger partial charge in [0.15, 0.2) is 0 Å². The van der Waals surface area contributed by atoms with E-state index >= 15 is 0 Å². The average molecular weight is 349 g/mol. The van der Waals surface area contributed by atoms with E-state index in [2.05, 4.69) is 41.1 Å². The Labute approximate surface area is 151 Å². The number of nitrogens with zero attached hydrogens (tertiary/aromatic N) is 2. The molecule has 1 atom stereocenters. The number of hydrogen-bond donors (Lipinski definition) is 1. The molecule has 2 aromatic carbocycles. The van der Waals surface area contributed by atoms with E-state index in [4.69, 9.17) is 0 Å². The minimum absolute atomic E-state index is 0.156. The standard InChI is InChI=1S/C21H23N3O2/c1-2-17(23-12-11-15-7-3-4-8-16(15)13-23)14-24-20(25)18-9-5-6-10-19(18)22-21(24)26/h3-10,17H,2,11-14H2,1H3,(H,22,26). The number of rotatable bonds is 4. The van der Waals surface area contributed by atoms with Crippen LogP contribution >= 0.6 is 0 Å². The lowest BCUT2D eigenvalue weighted by atomic mass is 9.98. The molecule has 1 aromatic heterocycles. The van der Waals surface area contributed by atoms with Crippen LogP contribution in [0.25, 0.3) is 10.9 Å². The highest BCUT2D eigenvalue weighted by molar-refractivity contribution is 5.76. The highest BCUT2D eigenvalue weighted by atomic mass is 16.2. The Balaban J connectivity index is 1.65. The van der Waals surface area contributed by atoms with Gasteiger partial charge in [-0.15, -0.1) is 0 Å². The van der Waals surface area contributed by atoms with Crippen LogP contribution in [0.5, 0.6) is 0 Å². The summed E-state index contributed by atoms with van der Waals surface area (Å²) in [5, 5.41) is 0.561. The van der Waals surface area contributed by atoms with Gasteiger partial charge in [-0.3, -0.25) is 14.3 Å². The van der Waals surface area contributed by atoms with Gasteiger partial charge in [-0.2, -0.15) is 0 Å². The van der Waals surface area contributed by atoms with E-state index in [0.29, 0.717) is 17.4 Å². The normalized spacial score (nSPS) is 15.7. The number of fused-ring (bicyclic) bond motifs is 2. The summed E-state index contributed by atoms with van der Waals surface area (Å²) in [6, 6.07) is 15.8. The van der Waals surface area contributed by atoms with Crippen molar-refractivity contribution in [3.05, 3.63) is 80.5 Å². The van der Waals surface area contributed by atoms with Crippen LogP contribution in [0.1, 0.15) is 24.5 Å². The van der Waals surface area contributed by atoms with Gasteiger partial charge in [0.05, 0.1) is 10.9 Å². The first-order valence-corrected chi connectivity index (χ1v) is 9.20. The SMILES string of the molecule is CCC(Cn1c(=O)[nH]c2ccccc2c1=O)N1CCc2ccccc2C1. The highest BCUT2D eigenvalue weighted by Gasteiger charge is 2.23. The number of para-hydroxylation sites is 1. The molecule has 0 spiro atoms. The second-order valence-corrected chi connectivity index (χ2v) is 6.94. The maximum Gasteiger partial charge on any atom is 0.328 e. The maximum atomic E-state index is 12.8. The Kier molecular flexibility index (Phi) is 4.47. The van der Waals surface area contributed by atoms with Crippen LogP contribution in [-0.2, 0) is 19.5 Å². The van der Waals surface area contributed by atoms with Crippen LogP contribution in [0.3, 0.4) is 0 Å². The van der Waals surface area contributed by atoms with Crippen molar-refractivity contribution in [2.24, 2.45) is 0 Å². The fraction of sp³-hybridized carbons (Fsp3) is 0.333. The van der Waals surface area contributed by atoms with Gasteiger partial charge in [-0.05, 0) is 36.1 Å². The molecule has 0 radical (unpaired) electrons. The molecule has 134 valence electrons. The predicted molar refractivity (Wildman–Crippen MR) is 103 cm³/mol. The molecule has 1 unspecified atom stereocenters. The molecule has 1 aliphatic rings. The first-order valence-electron chi connectivity index (χ1n) is 9.20. The molecule has 1 N–H and O–H groups in total. The van der Waals surface area contributed by atoms with Crippen LogP contribution in [0, 0.1) is 0 Å². The molecule has 1 aliphatic heterocycles. The Bertz CT molecular complexity index is 1050. The van der Waals surface area contributed by atoms with Gasteiger partial charge in [0.25, 0.3) is 5.56 Å². The van der Waals surface area contributed by atoms with Gasteiger partial charge in [0.1, 0.15) is 0 Å². The van der Waals surface area contributed by atoms with E-state index in [9.17, 15) is 9.59 Å². The largest absolute Gasteiger partial charge is 0.328 e. The minimum Gasteiger partial charge on any atom is -0.307 e. The Morgan fingerprint density at radius 1 is 1.04 bits per heavy atom. The lowest BCUT2D eigenvalue weighted by Gasteiger charge is -2.35. The molecule has 2 heterocycles. The van der Waals surface area contributed by atoms with Gasteiger partial charge in [-0.25, -0.2) is 4.79 Å². The van der Waals surface area contributed by atoms with Crippen molar-refractivity contribution in [1.82, 2.24) is 14.5 Å². The van der Waals surface area contributed by atoms with E-state index < -0.39 is 0 Å². The van der Waals surface area contributed by atoms with Gasteiger partial charge in [0, 0.05) is 25.7 Å². The van der Waals surface area contributed by atoms with Gasteiger partial charge >= 0.3 is 5.69 Å². The molecule has 0 bridgehead atoms. The van der Waals surface area contributed by atoms with Gasteiger partial charge in [-0.1, -0.05) is 43.3 Å². The van der Waals surface area contributed by atoms with E-state index in [1.54, 1.807) is 12.1 Å². The number of aromatic nitrogens is 2. The minimum atomic E-state index is -0.329. The number of nitrogens with one attached hydrogen (secondary N) is 1. The molecule has 5 nitrogen and oxygen atoms in total. The number of benzene rings is 2. The van der Waals surface area contributed by atoms with E-state index in [-0.39, 0.29) is 17.3 Å². The lowest BCUT2D eigenvalue weighted by Crippen LogP contribution is -2.46. The lowest BCUT2D eigenvalue weighted by molar-refractivity contribution is 0.154.